The molecule has 0 spiro atoms. The fraction of sp³-hybridized carbons (Fsp3) is 0.750. The molecule has 1 aliphatic rings. The smallest absolute Gasteiger partial charge is 0.235 e. The van der Waals surface area contributed by atoms with Gasteiger partial charge in [0.2, 0.25) is 6.08 Å². The summed E-state index contributed by atoms with van der Waals surface area (Å²) in [6.45, 7) is 6.11. The molecule has 0 bridgehead atoms. The van der Waals surface area contributed by atoms with Crippen molar-refractivity contribution in [3.8, 4) is 0 Å². The lowest BCUT2D eigenvalue weighted by molar-refractivity contribution is 0.140. The second kappa shape index (κ2) is 6.54. The van der Waals surface area contributed by atoms with Gasteiger partial charge < -0.3 is 0 Å². The van der Waals surface area contributed by atoms with Crippen LogP contribution < -0.4 is 0 Å². The van der Waals surface area contributed by atoms with Crippen LogP contribution in [0.3, 0.4) is 0 Å². The highest BCUT2D eigenvalue weighted by atomic mass is 16.1. The minimum absolute atomic E-state index is 0.464. The molecule has 0 aliphatic carbocycles. The van der Waals surface area contributed by atoms with Crippen molar-refractivity contribution >= 4 is 6.08 Å². The average Bonchev–Trinajstić information content (AvgIpc) is 2.25. The summed E-state index contributed by atoms with van der Waals surface area (Å²) in [7, 11) is 0. The number of hydrogen-bond acceptors (Lipinski definition) is 3. The Hall–Kier alpha value is -0.920. The van der Waals surface area contributed by atoms with Crippen molar-refractivity contribution < 1.29 is 4.79 Å². The molecule has 1 aliphatic heterocycles. The van der Waals surface area contributed by atoms with Crippen LogP contribution in [0.1, 0.15) is 33.1 Å². The molecule has 1 fully saturated rings. The molecule has 0 radical (unpaired) electrons. The third kappa shape index (κ3) is 3.98. The molecule has 15 heavy (non-hydrogen) atoms. The van der Waals surface area contributed by atoms with Gasteiger partial charge in [-0.3, -0.25) is 4.90 Å². The first-order valence-electron chi connectivity index (χ1n) is 5.71. The van der Waals surface area contributed by atoms with Crippen molar-refractivity contribution in [2.24, 2.45) is 4.99 Å². The number of isocyanates is 1. The maximum absolute atomic E-state index is 9.89. The van der Waals surface area contributed by atoms with Crippen LogP contribution in [0, 0.1) is 0 Å². The van der Waals surface area contributed by atoms with E-state index in [1.54, 1.807) is 6.08 Å². The van der Waals surface area contributed by atoms with E-state index in [0.717, 1.165) is 0 Å². The number of rotatable bonds is 4. The third-order valence-corrected chi connectivity index (χ3v) is 2.87. The van der Waals surface area contributed by atoms with Crippen LogP contribution in [-0.4, -0.2) is 36.2 Å². The first-order chi connectivity index (χ1) is 7.25. The SMILES string of the molecule is CC(C)N1CCCCC1/C=C\CN=C=O. The van der Waals surface area contributed by atoms with Gasteiger partial charge in [-0.1, -0.05) is 18.6 Å². The van der Waals surface area contributed by atoms with Crippen molar-refractivity contribution in [3.05, 3.63) is 12.2 Å². The number of carbonyl (C=O) groups excluding carboxylic acids is 1. The van der Waals surface area contributed by atoms with Gasteiger partial charge in [-0.05, 0) is 33.2 Å². The molecular weight excluding hydrogens is 188 g/mol. The molecule has 0 aromatic heterocycles. The molecule has 0 saturated carbocycles. The van der Waals surface area contributed by atoms with Crippen LogP contribution in [0.4, 0.5) is 0 Å². The predicted molar refractivity (Wildman–Crippen MR) is 61.6 cm³/mol. The maximum atomic E-state index is 9.89. The lowest BCUT2D eigenvalue weighted by atomic mass is 10.00. The van der Waals surface area contributed by atoms with Crippen LogP contribution in [0.25, 0.3) is 0 Å². The summed E-state index contributed by atoms with van der Waals surface area (Å²) in [5.41, 5.74) is 0. The number of piperidine rings is 1. The molecule has 3 nitrogen and oxygen atoms in total. The van der Waals surface area contributed by atoms with Crippen LogP contribution in [-0.2, 0) is 4.79 Å². The van der Waals surface area contributed by atoms with E-state index in [-0.39, 0.29) is 0 Å². The third-order valence-electron chi connectivity index (χ3n) is 2.87. The molecule has 0 aromatic carbocycles. The minimum Gasteiger partial charge on any atom is -0.295 e. The standard InChI is InChI=1S/C12H20N2O/c1-11(2)14-9-4-3-6-12(14)7-5-8-13-10-15/h5,7,11-12H,3-4,6,8-9H2,1-2H3/b7-5-. The Bertz CT molecular complexity index is 254. The monoisotopic (exact) mass is 208 g/mol. The maximum Gasteiger partial charge on any atom is 0.235 e. The van der Waals surface area contributed by atoms with E-state index < -0.39 is 0 Å². The van der Waals surface area contributed by atoms with Gasteiger partial charge >= 0.3 is 0 Å². The topological polar surface area (TPSA) is 32.7 Å². The van der Waals surface area contributed by atoms with Gasteiger partial charge in [0.1, 0.15) is 0 Å². The highest BCUT2D eigenvalue weighted by Crippen LogP contribution is 2.20. The molecule has 1 rings (SSSR count). The van der Waals surface area contributed by atoms with Crippen LogP contribution >= 0.6 is 0 Å². The van der Waals surface area contributed by atoms with Crippen LogP contribution in [0.5, 0.6) is 0 Å². The zero-order chi connectivity index (χ0) is 11.1. The number of aliphatic imine (C=N–C) groups is 1. The highest BCUT2D eigenvalue weighted by molar-refractivity contribution is 5.33. The summed E-state index contributed by atoms with van der Waals surface area (Å²) in [4.78, 5) is 15.9. The summed E-state index contributed by atoms with van der Waals surface area (Å²) in [6.07, 6.45) is 9.52. The van der Waals surface area contributed by atoms with Gasteiger partial charge in [-0.2, -0.15) is 0 Å². The zero-order valence-corrected chi connectivity index (χ0v) is 9.65. The predicted octanol–water partition coefficient (Wildman–Crippen LogP) is 2.14. The second-order valence-electron chi connectivity index (χ2n) is 4.25. The van der Waals surface area contributed by atoms with Crippen molar-refractivity contribution in [3.63, 3.8) is 0 Å². The fourth-order valence-corrected chi connectivity index (χ4v) is 2.14. The van der Waals surface area contributed by atoms with E-state index in [9.17, 15) is 4.79 Å². The Morgan fingerprint density at radius 2 is 2.33 bits per heavy atom. The average molecular weight is 208 g/mol. The summed E-state index contributed by atoms with van der Waals surface area (Å²) in [6, 6.07) is 1.12. The molecule has 0 aromatic rings. The lowest BCUT2D eigenvalue weighted by Gasteiger charge is -2.37. The van der Waals surface area contributed by atoms with E-state index in [4.69, 9.17) is 0 Å². The quantitative estimate of drug-likeness (QED) is 0.403. The molecule has 1 unspecified atom stereocenters. The van der Waals surface area contributed by atoms with Gasteiger partial charge in [0, 0.05) is 12.1 Å². The van der Waals surface area contributed by atoms with Gasteiger partial charge in [0.25, 0.3) is 0 Å². The molecule has 3 heteroatoms. The molecule has 1 heterocycles. The molecular formula is C12H20N2O. The summed E-state index contributed by atoms with van der Waals surface area (Å²) < 4.78 is 0. The Morgan fingerprint density at radius 3 is 3.00 bits per heavy atom. The summed E-state index contributed by atoms with van der Waals surface area (Å²) >= 11 is 0. The summed E-state index contributed by atoms with van der Waals surface area (Å²) in [5.74, 6) is 0. The second-order valence-corrected chi connectivity index (χ2v) is 4.25. The molecule has 0 amide bonds. The van der Waals surface area contributed by atoms with E-state index >= 15 is 0 Å². The van der Waals surface area contributed by atoms with Gasteiger partial charge in [-0.15, -0.1) is 0 Å². The van der Waals surface area contributed by atoms with Crippen molar-refractivity contribution in [2.75, 3.05) is 13.1 Å². The highest BCUT2D eigenvalue weighted by Gasteiger charge is 2.21. The van der Waals surface area contributed by atoms with Gasteiger partial charge in [0.05, 0.1) is 6.54 Å². The zero-order valence-electron chi connectivity index (χ0n) is 9.65. The Kier molecular flexibility index (Phi) is 5.30. The number of likely N-dealkylation sites (tertiary alicyclic amines) is 1. The molecule has 84 valence electrons. The van der Waals surface area contributed by atoms with Crippen molar-refractivity contribution in [1.82, 2.24) is 4.90 Å². The van der Waals surface area contributed by atoms with Crippen LogP contribution in [0.2, 0.25) is 0 Å². The van der Waals surface area contributed by atoms with E-state index in [1.165, 1.54) is 25.8 Å². The van der Waals surface area contributed by atoms with E-state index in [2.05, 4.69) is 29.8 Å². The van der Waals surface area contributed by atoms with Gasteiger partial charge in [0.15, 0.2) is 0 Å². The molecule has 0 N–H and O–H groups in total. The van der Waals surface area contributed by atoms with Crippen molar-refractivity contribution in [2.45, 2.75) is 45.2 Å². The number of hydrogen-bond donors (Lipinski definition) is 0. The minimum atomic E-state index is 0.464. The van der Waals surface area contributed by atoms with E-state index in [0.29, 0.717) is 18.6 Å². The van der Waals surface area contributed by atoms with Crippen LogP contribution in [0.15, 0.2) is 17.1 Å². The largest absolute Gasteiger partial charge is 0.295 e. The summed E-state index contributed by atoms with van der Waals surface area (Å²) in [5, 5.41) is 0. The first-order valence-corrected chi connectivity index (χ1v) is 5.71. The first kappa shape index (κ1) is 12.2. The Labute approximate surface area is 91.9 Å². The molecule has 1 saturated heterocycles. The Balaban J connectivity index is 2.48. The van der Waals surface area contributed by atoms with Gasteiger partial charge in [-0.25, -0.2) is 9.79 Å². The lowest BCUT2D eigenvalue weighted by Crippen LogP contribution is -2.42. The normalized spacial score (nSPS) is 23.3. The van der Waals surface area contributed by atoms with E-state index in [1.807, 2.05) is 6.08 Å². The Morgan fingerprint density at radius 1 is 1.53 bits per heavy atom. The number of nitrogens with zero attached hydrogens (tertiary/aromatic N) is 2. The molecule has 1 atom stereocenters. The fourth-order valence-electron chi connectivity index (χ4n) is 2.14. The van der Waals surface area contributed by atoms with Crippen molar-refractivity contribution in [1.29, 1.82) is 0 Å².